The van der Waals surface area contributed by atoms with E-state index < -0.39 is 5.97 Å². The van der Waals surface area contributed by atoms with E-state index in [-0.39, 0.29) is 6.04 Å². The van der Waals surface area contributed by atoms with Gasteiger partial charge in [-0.2, -0.15) is 0 Å². The number of nitrogens with one attached hydrogen (secondary N) is 1. The third-order valence-electron chi connectivity index (χ3n) is 6.51. The zero-order valence-corrected chi connectivity index (χ0v) is 13.5. The average Bonchev–Trinajstić information content (AvgIpc) is 3.23. The number of hydrogen-bond acceptors (Lipinski definition) is 2. The minimum atomic E-state index is -0.840. The summed E-state index contributed by atoms with van der Waals surface area (Å²) in [6.45, 7) is 0. The van der Waals surface area contributed by atoms with Crippen LogP contribution in [-0.2, 0) is 0 Å². The molecule has 2 bridgehead atoms. The summed E-state index contributed by atoms with van der Waals surface area (Å²) in [5, 5.41) is 13.3. The fourth-order valence-electron chi connectivity index (χ4n) is 5.68. The summed E-state index contributed by atoms with van der Waals surface area (Å²) in [7, 11) is 0. The molecule has 2 aromatic carbocycles. The number of benzene rings is 2. The van der Waals surface area contributed by atoms with Crippen molar-refractivity contribution < 1.29 is 9.90 Å². The first kappa shape index (κ1) is 14.1. The number of carbonyl (C=O) groups is 1. The van der Waals surface area contributed by atoms with E-state index in [4.69, 9.17) is 0 Å². The van der Waals surface area contributed by atoms with Crippen LogP contribution in [0.3, 0.4) is 0 Å². The minimum absolute atomic E-state index is 0.222. The fraction of sp³-hybridized carbons (Fsp3) is 0.381. The first-order valence-electron chi connectivity index (χ1n) is 8.91. The number of anilines is 1. The Balaban J connectivity index is 1.69. The van der Waals surface area contributed by atoms with Gasteiger partial charge in [0, 0.05) is 0 Å². The molecule has 3 nitrogen and oxygen atoms in total. The van der Waals surface area contributed by atoms with Crippen LogP contribution in [0.5, 0.6) is 0 Å². The van der Waals surface area contributed by atoms with Gasteiger partial charge in [-0.25, -0.2) is 4.79 Å². The molecule has 0 unspecified atom stereocenters. The normalized spacial score (nSPS) is 32.8. The summed E-state index contributed by atoms with van der Waals surface area (Å²) < 4.78 is 0. The van der Waals surface area contributed by atoms with Crippen molar-refractivity contribution in [2.45, 2.75) is 31.2 Å². The van der Waals surface area contributed by atoms with Crippen molar-refractivity contribution in [1.29, 1.82) is 0 Å². The Hall–Kier alpha value is -2.29. The van der Waals surface area contributed by atoms with Gasteiger partial charge in [0.1, 0.15) is 0 Å². The zero-order chi connectivity index (χ0) is 16.3. The molecule has 2 fully saturated rings. The monoisotopic (exact) mass is 319 g/mol. The molecular weight excluding hydrogens is 298 g/mol. The summed E-state index contributed by atoms with van der Waals surface area (Å²) in [6, 6.07) is 16.6. The average molecular weight is 319 g/mol. The number of carboxylic acid groups (broad SMARTS) is 1. The Labute approximate surface area is 141 Å². The molecule has 3 aliphatic rings. The highest BCUT2D eigenvalue weighted by atomic mass is 16.4. The van der Waals surface area contributed by atoms with Gasteiger partial charge in [0.2, 0.25) is 0 Å². The smallest absolute Gasteiger partial charge is 0.337 e. The number of hydrogen-bond donors (Lipinski definition) is 2. The molecular formula is C21H21NO2. The van der Waals surface area contributed by atoms with Crippen molar-refractivity contribution in [3.8, 4) is 0 Å². The SMILES string of the molecule is O=C(O)c1cccc2c1N[C@@H](c1ccccc1)[C@@H]1[C@@H]3CC[C@@H](C3)[C@@H]21. The lowest BCUT2D eigenvalue weighted by Gasteiger charge is -2.44. The van der Waals surface area contributed by atoms with E-state index in [9.17, 15) is 9.90 Å². The van der Waals surface area contributed by atoms with Crippen LogP contribution in [0.15, 0.2) is 48.5 Å². The number of rotatable bonds is 2. The molecule has 0 spiro atoms. The predicted molar refractivity (Wildman–Crippen MR) is 93.3 cm³/mol. The van der Waals surface area contributed by atoms with Gasteiger partial charge in [0.05, 0.1) is 17.3 Å². The lowest BCUT2D eigenvalue weighted by Crippen LogP contribution is -2.36. The molecule has 2 N–H and O–H groups in total. The van der Waals surface area contributed by atoms with E-state index in [1.165, 1.54) is 30.4 Å². The first-order chi connectivity index (χ1) is 11.7. The molecule has 3 heteroatoms. The molecule has 0 radical (unpaired) electrons. The molecule has 5 rings (SSSR count). The van der Waals surface area contributed by atoms with Crippen LogP contribution >= 0.6 is 0 Å². The molecule has 2 aromatic rings. The predicted octanol–water partition coefficient (Wildman–Crippen LogP) is 4.68. The highest BCUT2D eigenvalue weighted by Gasteiger charge is 2.54. The maximum Gasteiger partial charge on any atom is 0.337 e. The van der Waals surface area contributed by atoms with Crippen LogP contribution in [0.1, 0.15) is 52.7 Å². The maximum absolute atomic E-state index is 11.7. The van der Waals surface area contributed by atoms with Crippen LogP contribution in [0.25, 0.3) is 0 Å². The molecule has 0 aromatic heterocycles. The molecule has 0 saturated heterocycles. The molecule has 1 heterocycles. The van der Waals surface area contributed by atoms with Gasteiger partial charge in [-0.1, -0.05) is 42.5 Å². The summed E-state index contributed by atoms with van der Waals surface area (Å²) >= 11 is 0. The van der Waals surface area contributed by atoms with Crippen molar-refractivity contribution >= 4 is 11.7 Å². The van der Waals surface area contributed by atoms with E-state index in [2.05, 4.69) is 35.6 Å². The third kappa shape index (κ3) is 1.87. The van der Waals surface area contributed by atoms with Crippen molar-refractivity contribution in [2.75, 3.05) is 5.32 Å². The summed E-state index contributed by atoms with van der Waals surface area (Å²) in [5.41, 5.74) is 3.78. The molecule has 122 valence electrons. The Morgan fingerprint density at radius 1 is 1.00 bits per heavy atom. The highest BCUT2D eigenvalue weighted by molar-refractivity contribution is 5.95. The van der Waals surface area contributed by atoms with Crippen molar-refractivity contribution in [2.24, 2.45) is 17.8 Å². The standard InChI is InChI=1S/C21H21NO2/c23-21(24)16-8-4-7-15-17-13-9-10-14(11-13)18(17)19(22-20(15)16)12-5-2-1-3-6-12/h1-8,13-14,17-19,22H,9-11H2,(H,23,24)/t13-,14+,17-,18+,19-/m0/s1. The number of aromatic carboxylic acids is 1. The number of fused-ring (bicyclic) bond motifs is 7. The first-order valence-corrected chi connectivity index (χ1v) is 8.91. The van der Waals surface area contributed by atoms with Crippen molar-refractivity contribution in [3.63, 3.8) is 0 Å². The van der Waals surface area contributed by atoms with Crippen LogP contribution in [-0.4, -0.2) is 11.1 Å². The lowest BCUT2D eigenvalue weighted by atomic mass is 9.67. The molecule has 5 atom stereocenters. The van der Waals surface area contributed by atoms with E-state index in [0.717, 1.165) is 17.5 Å². The zero-order valence-electron chi connectivity index (χ0n) is 13.5. The molecule has 24 heavy (non-hydrogen) atoms. The van der Waals surface area contributed by atoms with Crippen molar-refractivity contribution in [1.82, 2.24) is 0 Å². The van der Waals surface area contributed by atoms with E-state index in [1.807, 2.05) is 12.1 Å². The van der Waals surface area contributed by atoms with Gasteiger partial charge in [0.25, 0.3) is 0 Å². The number of para-hydroxylation sites is 1. The highest BCUT2D eigenvalue weighted by Crippen LogP contribution is 2.63. The second kappa shape index (κ2) is 5.10. The van der Waals surface area contributed by atoms with E-state index >= 15 is 0 Å². The topological polar surface area (TPSA) is 49.3 Å². The van der Waals surface area contributed by atoms with Gasteiger partial charge in [0.15, 0.2) is 0 Å². The minimum Gasteiger partial charge on any atom is -0.478 e. The Bertz CT molecular complexity index is 801. The Morgan fingerprint density at radius 3 is 2.58 bits per heavy atom. The largest absolute Gasteiger partial charge is 0.478 e. The van der Waals surface area contributed by atoms with Crippen LogP contribution in [0.4, 0.5) is 5.69 Å². The van der Waals surface area contributed by atoms with Crippen LogP contribution in [0.2, 0.25) is 0 Å². The lowest BCUT2D eigenvalue weighted by molar-refractivity contribution is 0.0697. The van der Waals surface area contributed by atoms with Crippen LogP contribution < -0.4 is 5.32 Å². The van der Waals surface area contributed by atoms with E-state index in [1.54, 1.807) is 6.07 Å². The van der Waals surface area contributed by atoms with Gasteiger partial charge in [-0.15, -0.1) is 0 Å². The summed E-state index contributed by atoms with van der Waals surface area (Å²) in [6.07, 6.45) is 3.92. The Kier molecular flexibility index (Phi) is 2.99. The molecule has 2 saturated carbocycles. The summed E-state index contributed by atoms with van der Waals surface area (Å²) in [5.74, 6) is 1.73. The van der Waals surface area contributed by atoms with Gasteiger partial charge in [-0.3, -0.25) is 0 Å². The molecule has 0 amide bonds. The van der Waals surface area contributed by atoms with Gasteiger partial charge >= 0.3 is 5.97 Å². The quantitative estimate of drug-likeness (QED) is 0.845. The summed E-state index contributed by atoms with van der Waals surface area (Å²) in [4.78, 5) is 11.7. The third-order valence-corrected chi connectivity index (χ3v) is 6.51. The molecule has 1 aliphatic heterocycles. The van der Waals surface area contributed by atoms with Crippen molar-refractivity contribution in [3.05, 3.63) is 65.2 Å². The molecule has 2 aliphatic carbocycles. The number of carboxylic acids is 1. The second-order valence-electron chi connectivity index (χ2n) is 7.54. The van der Waals surface area contributed by atoms with Gasteiger partial charge in [-0.05, 0) is 60.1 Å². The fourth-order valence-corrected chi connectivity index (χ4v) is 5.68. The van der Waals surface area contributed by atoms with Crippen LogP contribution in [0, 0.1) is 17.8 Å². The Morgan fingerprint density at radius 2 is 1.79 bits per heavy atom. The van der Waals surface area contributed by atoms with Gasteiger partial charge < -0.3 is 10.4 Å². The second-order valence-corrected chi connectivity index (χ2v) is 7.54. The van der Waals surface area contributed by atoms with E-state index in [0.29, 0.717) is 17.4 Å². The maximum atomic E-state index is 11.7.